The van der Waals surface area contributed by atoms with Crippen LogP contribution in [0.5, 0.6) is 17.2 Å². The number of hydrogen-bond acceptors (Lipinski definition) is 6. The van der Waals surface area contributed by atoms with Crippen LogP contribution >= 0.6 is 0 Å². The Morgan fingerprint density at radius 1 is 1.00 bits per heavy atom. The van der Waals surface area contributed by atoms with Crippen LogP contribution in [-0.4, -0.2) is 17.9 Å². The van der Waals surface area contributed by atoms with Crippen molar-refractivity contribution in [1.29, 1.82) is 0 Å². The fourth-order valence-corrected chi connectivity index (χ4v) is 2.73. The molecule has 0 aromatic heterocycles. The molecule has 0 saturated heterocycles. The standard InChI is InChI=1S/C19H16O6/c1-11(20)23-15-5-3-4-13(8-15)17-9-14-6-7-16(24-12(2)21)10-18(14)25-19(17)22/h3-8,10,17H,9H2,1-2H3. The topological polar surface area (TPSA) is 78.9 Å². The summed E-state index contributed by atoms with van der Waals surface area (Å²) in [6, 6.07) is 11.8. The van der Waals surface area contributed by atoms with Crippen molar-refractivity contribution in [2.24, 2.45) is 0 Å². The van der Waals surface area contributed by atoms with Gasteiger partial charge in [0, 0.05) is 19.9 Å². The summed E-state index contributed by atoms with van der Waals surface area (Å²) in [4.78, 5) is 34.5. The number of carbonyl (C=O) groups excluding carboxylic acids is 3. The first-order chi connectivity index (χ1) is 11.9. The van der Waals surface area contributed by atoms with Crippen LogP contribution in [0.2, 0.25) is 0 Å². The highest BCUT2D eigenvalue weighted by Crippen LogP contribution is 2.36. The number of rotatable bonds is 3. The molecule has 25 heavy (non-hydrogen) atoms. The molecule has 128 valence electrons. The fourth-order valence-electron chi connectivity index (χ4n) is 2.73. The summed E-state index contributed by atoms with van der Waals surface area (Å²) in [6.45, 7) is 2.62. The minimum absolute atomic E-state index is 0.328. The first-order valence-corrected chi connectivity index (χ1v) is 7.74. The molecule has 0 saturated carbocycles. The van der Waals surface area contributed by atoms with Gasteiger partial charge in [0.05, 0.1) is 5.92 Å². The maximum Gasteiger partial charge on any atom is 0.319 e. The minimum Gasteiger partial charge on any atom is -0.427 e. The molecule has 2 aromatic carbocycles. The van der Waals surface area contributed by atoms with E-state index in [9.17, 15) is 14.4 Å². The Morgan fingerprint density at radius 2 is 1.68 bits per heavy atom. The normalized spacial score (nSPS) is 15.8. The molecule has 1 atom stereocenters. The van der Waals surface area contributed by atoms with Crippen molar-refractivity contribution in [2.45, 2.75) is 26.2 Å². The van der Waals surface area contributed by atoms with Crippen LogP contribution in [0.25, 0.3) is 0 Å². The van der Waals surface area contributed by atoms with Gasteiger partial charge in [-0.2, -0.15) is 0 Å². The van der Waals surface area contributed by atoms with Gasteiger partial charge in [0.25, 0.3) is 0 Å². The maximum absolute atomic E-state index is 12.4. The van der Waals surface area contributed by atoms with E-state index in [0.717, 1.165) is 5.56 Å². The molecule has 6 heteroatoms. The largest absolute Gasteiger partial charge is 0.427 e. The Balaban J connectivity index is 1.85. The van der Waals surface area contributed by atoms with E-state index in [-0.39, 0.29) is 0 Å². The second kappa shape index (κ2) is 6.76. The van der Waals surface area contributed by atoms with E-state index in [1.54, 1.807) is 36.4 Å². The first-order valence-electron chi connectivity index (χ1n) is 7.74. The molecule has 1 aliphatic rings. The Hall–Kier alpha value is -3.15. The second-order valence-corrected chi connectivity index (χ2v) is 5.71. The lowest BCUT2D eigenvalue weighted by Gasteiger charge is -2.24. The number of carbonyl (C=O) groups is 3. The molecule has 1 aliphatic heterocycles. The van der Waals surface area contributed by atoms with Gasteiger partial charge in [-0.05, 0) is 35.7 Å². The van der Waals surface area contributed by atoms with Crippen molar-refractivity contribution in [3.05, 3.63) is 53.6 Å². The van der Waals surface area contributed by atoms with Crippen molar-refractivity contribution in [3.8, 4) is 17.2 Å². The summed E-state index contributed by atoms with van der Waals surface area (Å²) in [6.07, 6.45) is 0.443. The molecule has 3 rings (SSSR count). The highest BCUT2D eigenvalue weighted by molar-refractivity contribution is 5.83. The molecule has 0 amide bonds. The van der Waals surface area contributed by atoms with Crippen molar-refractivity contribution in [1.82, 2.24) is 0 Å². The van der Waals surface area contributed by atoms with Crippen LogP contribution in [0.15, 0.2) is 42.5 Å². The zero-order valence-corrected chi connectivity index (χ0v) is 13.8. The summed E-state index contributed by atoms with van der Waals surface area (Å²) >= 11 is 0. The van der Waals surface area contributed by atoms with Gasteiger partial charge in [-0.25, -0.2) is 0 Å². The summed E-state index contributed by atoms with van der Waals surface area (Å²) in [5.74, 6) is -0.678. The van der Waals surface area contributed by atoms with Gasteiger partial charge in [-0.3, -0.25) is 14.4 Å². The molecule has 0 spiro atoms. The maximum atomic E-state index is 12.4. The van der Waals surface area contributed by atoms with Gasteiger partial charge in [-0.15, -0.1) is 0 Å². The monoisotopic (exact) mass is 340 g/mol. The highest BCUT2D eigenvalue weighted by atomic mass is 16.5. The molecular formula is C19H16O6. The Morgan fingerprint density at radius 3 is 2.36 bits per heavy atom. The summed E-state index contributed by atoms with van der Waals surface area (Å²) in [5.41, 5.74) is 1.54. The second-order valence-electron chi connectivity index (χ2n) is 5.71. The average molecular weight is 340 g/mol. The van der Waals surface area contributed by atoms with Gasteiger partial charge in [0.15, 0.2) is 0 Å². The van der Waals surface area contributed by atoms with Crippen LogP contribution in [0.1, 0.15) is 30.9 Å². The predicted octanol–water partition coefficient (Wildman–Crippen LogP) is 2.78. The lowest BCUT2D eigenvalue weighted by atomic mass is 9.89. The number of ether oxygens (including phenoxy) is 3. The summed E-state index contributed by atoms with van der Waals surface area (Å²) < 4.78 is 15.5. The first kappa shape index (κ1) is 16.7. The molecule has 0 aliphatic carbocycles. The lowest BCUT2D eigenvalue weighted by molar-refractivity contribution is -0.137. The Kier molecular flexibility index (Phi) is 4.52. The van der Waals surface area contributed by atoms with E-state index in [1.165, 1.54) is 19.9 Å². The van der Waals surface area contributed by atoms with Crippen molar-refractivity contribution >= 4 is 17.9 Å². The molecule has 1 unspecified atom stereocenters. The van der Waals surface area contributed by atoms with Gasteiger partial charge in [-0.1, -0.05) is 18.2 Å². The van der Waals surface area contributed by atoms with Crippen LogP contribution < -0.4 is 14.2 Å². The van der Waals surface area contributed by atoms with E-state index >= 15 is 0 Å². The number of esters is 3. The minimum atomic E-state index is -0.498. The van der Waals surface area contributed by atoms with Gasteiger partial charge in [0.2, 0.25) is 0 Å². The summed E-state index contributed by atoms with van der Waals surface area (Å²) in [5, 5.41) is 0. The van der Waals surface area contributed by atoms with Gasteiger partial charge >= 0.3 is 17.9 Å². The van der Waals surface area contributed by atoms with Crippen LogP contribution in [-0.2, 0) is 20.8 Å². The summed E-state index contributed by atoms with van der Waals surface area (Å²) in [7, 11) is 0. The molecule has 0 bridgehead atoms. The van der Waals surface area contributed by atoms with Crippen molar-refractivity contribution < 1.29 is 28.6 Å². The Labute approximate surface area is 144 Å². The number of fused-ring (bicyclic) bond motifs is 1. The Bertz CT molecular complexity index is 855. The van der Waals surface area contributed by atoms with Crippen LogP contribution in [0.4, 0.5) is 0 Å². The quantitative estimate of drug-likeness (QED) is 0.631. The average Bonchev–Trinajstić information content (AvgIpc) is 2.53. The van der Waals surface area contributed by atoms with E-state index in [0.29, 0.717) is 29.2 Å². The molecule has 1 heterocycles. The number of hydrogen-bond donors (Lipinski definition) is 0. The number of benzene rings is 2. The zero-order valence-electron chi connectivity index (χ0n) is 13.8. The molecule has 0 N–H and O–H groups in total. The lowest BCUT2D eigenvalue weighted by Crippen LogP contribution is -2.26. The van der Waals surface area contributed by atoms with E-state index < -0.39 is 23.8 Å². The van der Waals surface area contributed by atoms with E-state index in [2.05, 4.69) is 0 Å². The van der Waals surface area contributed by atoms with E-state index in [1.807, 2.05) is 0 Å². The molecule has 0 fully saturated rings. The highest BCUT2D eigenvalue weighted by Gasteiger charge is 2.30. The van der Waals surface area contributed by atoms with Crippen LogP contribution in [0.3, 0.4) is 0 Å². The van der Waals surface area contributed by atoms with E-state index in [4.69, 9.17) is 14.2 Å². The third-order valence-electron chi connectivity index (χ3n) is 3.74. The third kappa shape index (κ3) is 3.85. The molecule has 2 aromatic rings. The molecule has 0 radical (unpaired) electrons. The van der Waals surface area contributed by atoms with Crippen molar-refractivity contribution in [2.75, 3.05) is 0 Å². The smallest absolute Gasteiger partial charge is 0.319 e. The van der Waals surface area contributed by atoms with Crippen LogP contribution in [0, 0.1) is 0 Å². The molecular weight excluding hydrogens is 324 g/mol. The fraction of sp³-hybridized carbons (Fsp3) is 0.211. The third-order valence-corrected chi connectivity index (χ3v) is 3.74. The zero-order chi connectivity index (χ0) is 18.0. The van der Waals surface area contributed by atoms with Gasteiger partial charge < -0.3 is 14.2 Å². The van der Waals surface area contributed by atoms with Gasteiger partial charge in [0.1, 0.15) is 17.2 Å². The molecule has 6 nitrogen and oxygen atoms in total. The predicted molar refractivity (Wildman–Crippen MR) is 87.6 cm³/mol. The van der Waals surface area contributed by atoms with Crippen molar-refractivity contribution in [3.63, 3.8) is 0 Å². The SMILES string of the molecule is CC(=O)Oc1cccc(C2Cc3ccc(OC(C)=O)cc3OC2=O)c1.